The van der Waals surface area contributed by atoms with E-state index >= 15 is 0 Å². The number of nitrogens with two attached hydrogens (primary N) is 1. The third kappa shape index (κ3) is 6.05. The monoisotopic (exact) mass is 427 g/mol. The standard InChI is InChI=1S/C22H33N7O2/c1-5-6-13-31-21-25-19(23)18-20(26-21)29(22(30)24-18)15-17-9-7-16(8-10-17)14-28(4)12-11-27(2)3/h7-10H,5-6,11-15H2,1-4H3,(H,24,30)(H2,23,25,26). The van der Waals surface area contributed by atoms with Crippen molar-refractivity contribution in [3.8, 4) is 6.01 Å². The number of benzene rings is 1. The lowest BCUT2D eigenvalue weighted by molar-refractivity contribution is 0.276. The maximum absolute atomic E-state index is 12.5. The third-order valence-corrected chi connectivity index (χ3v) is 5.10. The minimum atomic E-state index is -0.269. The second-order valence-electron chi connectivity index (χ2n) is 8.17. The number of rotatable bonds is 11. The largest absolute Gasteiger partial charge is 0.463 e. The fraction of sp³-hybridized carbons (Fsp3) is 0.500. The maximum atomic E-state index is 12.5. The number of nitrogens with one attached hydrogen (secondary N) is 1. The van der Waals surface area contributed by atoms with Gasteiger partial charge in [-0.3, -0.25) is 4.57 Å². The first-order valence-electron chi connectivity index (χ1n) is 10.7. The first-order valence-corrected chi connectivity index (χ1v) is 10.7. The number of likely N-dealkylation sites (N-methyl/N-ethyl adjacent to an activating group) is 2. The molecule has 168 valence electrons. The van der Waals surface area contributed by atoms with E-state index in [1.807, 2.05) is 12.1 Å². The average molecular weight is 428 g/mol. The zero-order chi connectivity index (χ0) is 22.4. The molecule has 3 aromatic rings. The summed E-state index contributed by atoms with van der Waals surface area (Å²) < 4.78 is 7.17. The van der Waals surface area contributed by atoms with Crippen molar-refractivity contribution in [1.29, 1.82) is 0 Å². The van der Waals surface area contributed by atoms with Gasteiger partial charge in [0.1, 0.15) is 5.52 Å². The minimum Gasteiger partial charge on any atom is -0.463 e. The van der Waals surface area contributed by atoms with Crippen LogP contribution in [0.3, 0.4) is 0 Å². The second-order valence-corrected chi connectivity index (χ2v) is 8.17. The molecule has 0 aliphatic heterocycles. The SMILES string of the molecule is CCCCOc1nc(N)c2[nH]c(=O)n(Cc3ccc(CN(C)CCN(C)C)cc3)c2n1. The lowest BCUT2D eigenvalue weighted by Gasteiger charge is -2.19. The van der Waals surface area contributed by atoms with Gasteiger partial charge in [0.15, 0.2) is 11.5 Å². The van der Waals surface area contributed by atoms with Gasteiger partial charge in [-0.15, -0.1) is 0 Å². The van der Waals surface area contributed by atoms with E-state index in [4.69, 9.17) is 10.5 Å². The number of aromatic nitrogens is 4. The Labute approximate surface area is 182 Å². The molecule has 0 bridgehead atoms. The highest BCUT2D eigenvalue weighted by atomic mass is 16.5. The Kier molecular flexibility index (Phi) is 7.64. The molecule has 9 heteroatoms. The summed E-state index contributed by atoms with van der Waals surface area (Å²) in [7, 11) is 6.27. The molecule has 2 heterocycles. The van der Waals surface area contributed by atoms with Crippen LogP contribution in [0.5, 0.6) is 6.01 Å². The van der Waals surface area contributed by atoms with E-state index in [2.05, 4.69) is 65.0 Å². The normalized spacial score (nSPS) is 11.7. The number of hydrogen-bond acceptors (Lipinski definition) is 7. The molecule has 0 saturated heterocycles. The Morgan fingerprint density at radius 1 is 1.10 bits per heavy atom. The molecule has 1 aromatic carbocycles. The zero-order valence-corrected chi connectivity index (χ0v) is 18.9. The van der Waals surface area contributed by atoms with E-state index in [1.165, 1.54) is 5.56 Å². The lowest BCUT2D eigenvalue weighted by Crippen LogP contribution is -2.28. The van der Waals surface area contributed by atoms with Crippen molar-refractivity contribution in [2.24, 2.45) is 0 Å². The molecule has 0 unspecified atom stereocenters. The highest BCUT2D eigenvalue weighted by Gasteiger charge is 2.15. The summed E-state index contributed by atoms with van der Waals surface area (Å²) in [4.78, 5) is 28.3. The number of imidazole rings is 1. The van der Waals surface area contributed by atoms with Crippen LogP contribution in [0.1, 0.15) is 30.9 Å². The number of fused-ring (bicyclic) bond motifs is 1. The number of hydrogen-bond donors (Lipinski definition) is 2. The van der Waals surface area contributed by atoms with Gasteiger partial charge in [-0.05, 0) is 38.7 Å². The summed E-state index contributed by atoms with van der Waals surface area (Å²) >= 11 is 0. The second kappa shape index (κ2) is 10.4. The van der Waals surface area contributed by atoms with Crippen LogP contribution in [0.25, 0.3) is 11.2 Å². The van der Waals surface area contributed by atoms with Crippen molar-refractivity contribution >= 4 is 17.0 Å². The van der Waals surface area contributed by atoms with Gasteiger partial charge in [0.25, 0.3) is 0 Å². The van der Waals surface area contributed by atoms with Gasteiger partial charge in [0, 0.05) is 19.6 Å². The molecule has 31 heavy (non-hydrogen) atoms. The van der Waals surface area contributed by atoms with Crippen LogP contribution in [0.4, 0.5) is 5.82 Å². The Bertz CT molecular complexity index is 1040. The van der Waals surface area contributed by atoms with Gasteiger partial charge in [-0.1, -0.05) is 37.6 Å². The molecule has 0 atom stereocenters. The van der Waals surface area contributed by atoms with Crippen molar-refractivity contribution in [3.05, 3.63) is 45.9 Å². The molecule has 2 aromatic heterocycles. The maximum Gasteiger partial charge on any atom is 0.328 e. The summed E-state index contributed by atoms with van der Waals surface area (Å²) in [5.74, 6) is 0.212. The van der Waals surface area contributed by atoms with E-state index in [0.29, 0.717) is 24.3 Å². The molecule has 0 amide bonds. The predicted octanol–water partition coefficient (Wildman–Crippen LogP) is 1.92. The van der Waals surface area contributed by atoms with Crippen LogP contribution in [-0.4, -0.2) is 70.2 Å². The smallest absolute Gasteiger partial charge is 0.328 e. The van der Waals surface area contributed by atoms with Gasteiger partial charge in [0.05, 0.1) is 13.2 Å². The van der Waals surface area contributed by atoms with Crippen molar-refractivity contribution in [2.45, 2.75) is 32.9 Å². The Balaban J connectivity index is 1.75. The first-order chi connectivity index (χ1) is 14.9. The predicted molar refractivity (Wildman–Crippen MR) is 123 cm³/mol. The highest BCUT2D eigenvalue weighted by molar-refractivity contribution is 5.81. The Morgan fingerprint density at radius 3 is 2.48 bits per heavy atom. The minimum absolute atomic E-state index is 0.197. The van der Waals surface area contributed by atoms with Crippen LogP contribution < -0.4 is 16.2 Å². The van der Waals surface area contributed by atoms with Gasteiger partial charge in [-0.2, -0.15) is 9.97 Å². The van der Waals surface area contributed by atoms with Crippen molar-refractivity contribution in [3.63, 3.8) is 0 Å². The molecule has 0 fully saturated rings. The Morgan fingerprint density at radius 2 is 1.81 bits per heavy atom. The van der Waals surface area contributed by atoms with Gasteiger partial charge < -0.3 is 25.3 Å². The van der Waals surface area contributed by atoms with Crippen LogP contribution in [0, 0.1) is 0 Å². The zero-order valence-electron chi connectivity index (χ0n) is 18.9. The van der Waals surface area contributed by atoms with Crippen LogP contribution in [-0.2, 0) is 13.1 Å². The van der Waals surface area contributed by atoms with Crippen LogP contribution >= 0.6 is 0 Å². The number of anilines is 1. The van der Waals surface area contributed by atoms with E-state index in [9.17, 15) is 4.79 Å². The molecule has 0 radical (unpaired) electrons. The average Bonchev–Trinajstić information content (AvgIpc) is 3.04. The summed E-state index contributed by atoms with van der Waals surface area (Å²) in [5.41, 5.74) is 8.89. The molecule has 0 aliphatic carbocycles. The molecule has 9 nitrogen and oxygen atoms in total. The van der Waals surface area contributed by atoms with Gasteiger partial charge in [0.2, 0.25) is 0 Å². The molecular weight excluding hydrogens is 394 g/mol. The molecule has 0 aliphatic rings. The summed E-state index contributed by atoms with van der Waals surface area (Å²) in [6.45, 7) is 5.89. The van der Waals surface area contributed by atoms with Crippen LogP contribution in [0.15, 0.2) is 29.1 Å². The first kappa shape index (κ1) is 22.8. The quantitative estimate of drug-likeness (QED) is 0.450. The fourth-order valence-electron chi connectivity index (χ4n) is 3.24. The van der Waals surface area contributed by atoms with Crippen molar-refractivity contribution < 1.29 is 4.74 Å². The molecule has 0 saturated carbocycles. The summed E-state index contributed by atoms with van der Waals surface area (Å²) in [5, 5.41) is 0. The molecule has 0 spiro atoms. The third-order valence-electron chi connectivity index (χ3n) is 5.10. The fourth-order valence-corrected chi connectivity index (χ4v) is 3.24. The molecule has 3 rings (SSSR count). The number of nitrogens with zero attached hydrogens (tertiary/aromatic N) is 5. The number of unbranched alkanes of at least 4 members (excludes halogenated alkanes) is 1. The number of aromatic amines is 1. The summed E-state index contributed by atoms with van der Waals surface area (Å²) in [6, 6.07) is 8.49. The van der Waals surface area contributed by atoms with Gasteiger partial charge in [-0.25, -0.2) is 4.79 Å². The lowest BCUT2D eigenvalue weighted by atomic mass is 10.1. The highest BCUT2D eigenvalue weighted by Crippen LogP contribution is 2.19. The van der Waals surface area contributed by atoms with E-state index in [0.717, 1.165) is 38.0 Å². The molecular formula is C22H33N7O2. The number of ether oxygens (including phenoxy) is 1. The van der Waals surface area contributed by atoms with E-state index in [1.54, 1.807) is 4.57 Å². The molecule has 3 N–H and O–H groups in total. The number of H-pyrrole nitrogens is 1. The van der Waals surface area contributed by atoms with E-state index < -0.39 is 0 Å². The summed E-state index contributed by atoms with van der Waals surface area (Å²) in [6.07, 6.45) is 1.91. The Hall–Kier alpha value is -2.91. The number of nitrogen functional groups attached to an aromatic ring is 1. The topological polar surface area (TPSA) is 105 Å². The van der Waals surface area contributed by atoms with Crippen molar-refractivity contribution in [2.75, 3.05) is 46.6 Å². The van der Waals surface area contributed by atoms with Crippen LogP contribution in [0.2, 0.25) is 0 Å². The van der Waals surface area contributed by atoms with Crippen molar-refractivity contribution in [1.82, 2.24) is 29.3 Å². The van der Waals surface area contributed by atoms with E-state index in [-0.39, 0.29) is 17.5 Å². The van der Waals surface area contributed by atoms with Gasteiger partial charge >= 0.3 is 11.7 Å².